The topological polar surface area (TPSA) is 83.0 Å². The first-order chi connectivity index (χ1) is 7.65. The number of nitrogens with zero attached hydrogens (tertiary/aromatic N) is 1. The van der Waals surface area contributed by atoms with Gasteiger partial charge in [-0.1, -0.05) is 12.8 Å². The van der Waals surface area contributed by atoms with Crippen molar-refractivity contribution in [1.29, 1.82) is 0 Å². The van der Waals surface area contributed by atoms with Gasteiger partial charge in [0.1, 0.15) is 12.2 Å². The van der Waals surface area contributed by atoms with Crippen LogP contribution in [0.15, 0.2) is 10.9 Å². The molecular weight excluding hydrogens is 208 g/mol. The molecule has 0 spiro atoms. The summed E-state index contributed by atoms with van der Waals surface area (Å²) < 4.78 is 0. The summed E-state index contributed by atoms with van der Waals surface area (Å²) in [7, 11) is 0. The zero-order chi connectivity index (χ0) is 11.5. The Balaban J connectivity index is 2.27. The predicted molar refractivity (Wildman–Crippen MR) is 57.4 cm³/mol. The van der Waals surface area contributed by atoms with Gasteiger partial charge in [0.05, 0.1) is 5.69 Å². The molecule has 2 rings (SSSR count). The van der Waals surface area contributed by atoms with Crippen LogP contribution in [0.2, 0.25) is 0 Å². The summed E-state index contributed by atoms with van der Waals surface area (Å²) in [4.78, 5) is 28.6. The van der Waals surface area contributed by atoms with Crippen molar-refractivity contribution in [2.45, 2.75) is 38.0 Å². The Labute approximate surface area is 92.5 Å². The minimum absolute atomic E-state index is 0.226. The van der Waals surface area contributed by atoms with Crippen molar-refractivity contribution in [3.05, 3.63) is 27.9 Å². The lowest BCUT2D eigenvalue weighted by Crippen LogP contribution is -2.16. The van der Waals surface area contributed by atoms with E-state index in [1.165, 1.54) is 6.07 Å². The number of nitrogens with one attached hydrogen (secondary N) is 1. The maximum Gasteiger partial charge on any atom is 0.311 e. The van der Waals surface area contributed by atoms with Crippen LogP contribution in [0, 0.1) is 0 Å². The van der Waals surface area contributed by atoms with Gasteiger partial charge >= 0.3 is 5.97 Å². The van der Waals surface area contributed by atoms with Crippen molar-refractivity contribution in [3.8, 4) is 0 Å². The minimum Gasteiger partial charge on any atom is -0.481 e. The Morgan fingerprint density at radius 1 is 1.50 bits per heavy atom. The van der Waals surface area contributed by atoms with Crippen LogP contribution in [0.5, 0.6) is 0 Å². The molecule has 0 saturated heterocycles. The Hall–Kier alpha value is -1.65. The number of hydrogen-bond donors (Lipinski definition) is 2. The Morgan fingerprint density at radius 3 is 2.81 bits per heavy atom. The van der Waals surface area contributed by atoms with Gasteiger partial charge in [0.15, 0.2) is 0 Å². The lowest BCUT2D eigenvalue weighted by atomic mass is 10.0. The Bertz CT molecular complexity index is 447. The Kier molecular flexibility index (Phi) is 3.03. The highest BCUT2D eigenvalue weighted by molar-refractivity contribution is 5.68. The van der Waals surface area contributed by atoms with Crippen LogP contribution in [-0.4, -0.2) is 21.0 Å². The molecule has 0 atom stereocenters. The first kappa shape index (κ1) is 10.9. The van der Waals surface area contributed by atoms with Gasteiger partial charge in [0.2, 0.25) is 0 Å². The lowest BCUT2D eigenvalue weighted by molar-refractivity contribution is -0.136. The van der Waals surface area contributed by atoms with Crippen LogP contribution >= 0.6 is 0 Å². The Morgan fingerprint density at radius 2 is 2.19 bits per heavy atom. The van der Waals surface area contributed by atoms with Crippen LogP contribution in [0.25, 0.3) is 0 Å². The summed E-state index contributed by atoms with van der Waals surface area (Å²) in [6.07, 6.45) is 4.18. The molecule has 5 heteroatoms. The van der Waals surface area contributed by atoms with Gasteiger partial charge in [0.25, 0.3) is 5.56 Å². The van der Waals surface area contributed by atoms with Crippen molar-refractivity contribution in [3.63, 3.8) is 0 Å². The normalized spacial score (nSPS) is 16.5. The SMILES string of the molecule is O=C(O)Cc1nc(C2CCCC2)cc(=O)[nH]1. The van der Waals surface area contributed by atoms with Crippen molar-refractivity contribution in [2.75, 3.05) is 0 Å². The van der Waals surface area contributed by atoms with Gasteiger partial charge in [-0.05, 0) is 12.8 Å². The third-order valence-electron chi connectivity index (χ3n) is 2.90. The molecule has 5 nitrogen and oxygen atoms in total. The minimum atomic E-state index is -0.980. The zero-order valence-corrected chi connectivity index (χ0v) is 8.90. The molecular formula is C11H14N2O3. The monoisotopic (exact) mass is 222 g/mol. The quantitative estimate of drug-likeness (QED) is 0.800. The number of carbonyl (C=O) groups is 1. The second-order valence-corrected chi connectivity index (χ2v) is 4.17. The van der Waals surface area contributed by atoms with E-state index in [1.54, 1.807) is 0 Å². The standard InChI is InChI=1S/C11H14N2O3/c14-10-5-8(7-3-1-2-4-7)12-9(13-10)6-11(15)16/h5,7H,1-4,6H2,(H,15,16)(H,12,13,14). The molecule has 0 radical (unpaired) electrons. The van der Waals surface area contributed by atoms with Crippen LogP contribution in [-0.2, 0) is 11.2 Å². The summed E-state index contributed by atoms with van der Waals surface area (Å²) in [6.45, 7) is 0. The predicted octanol–water partition coefficient (Wildman–Crippen LogP) is 1.05. The summed E-state index contributed by atoms with van der Waals surface area (Å²) in [5, 5.41) is 8.65. The molecule has 0 aromatic carbocycles. The van der Waals surface area contributed by atoms with Crippen molar-refractivity contribution in [2.24, 2.45) is 0 Å². The number of aromatic nitrogens is 2. The van der Waals surface area contributed by atoms with E-state index in [4.69, 9.17) is 5.11 Å². The lowest BCUT2D eigenvalue weighted by Gasteiger charge is -2.08. The van der Waals surface area contributed by atoms with E-state index < -0.39 is 5.97 Å². The van der Waals surface area contributed by atoms with E-state index in [0.717, 1.165) is 31.4 Å². The van der Waals surface area contributed by atoms with Gasteiger partial charge in [0, 0.05) is 12.0 Å². The number of carboxylic acid groups (broad SMARTS) is 1. The van der Waals surface area contributed by atoms with Crippen LogP contribution in [0.3, 0.4) is 0 Å². The maximum absolute atomic E-state index is 11.4. The summed E-state index contributed by atoms with van der Waals surface area (Å²) >= 11 is 0. The van der Waals surface area contributed by atoms with E-state index in [-0.39, 0.29) is 17.8 Å². The van der Waals surface area contributed by atoms with Gasteiger partial charge < -0.3 is 10.1 Å². The van der Waals surface area contributed by atoms with E-state index in [1.807, 2.05) is 0 Å². The third kappa shape index (κ3) is 2.48. The molecule has 1 aromatic rings. The molecule has 0 bridgehead atoms. The zero-order valence-electron chi connectivity index (χ0n) is 8.90. The van der Waals surface area contributed by atoms with E-state index >= 15 is 0 Å². The molecule has 1 aliphatic rings. The number of H-pyrrole nitrogens is 1. The van der Waals surface area contributed by atoms with E-state index in [9.17, 15) is 9.59 Å². The average molecular weight is 222 g/mol. The molecule has 86 valence electrons. The van der Waals surface area contributed by atoms with Crippen molar-refractivity contribution < 1.29 is 9.90 Å². The molecule has 1 fully saturated rings. The summed E-state index contributed by atoms with van der Waals surface area (Å²) in [5.41, 5.74) is 0.491. The van der Waals surface area contributed by atoms with Crippen LogP contribution in [0.4, 0.5) is 0 Å². The molecule has 0 amide bonds. The third-order valence-corrected chi connectivity index (χ3v) is 2.90. The van der Waals surface area contributed by atoms with E-state index in [2.05, 4.69) is 9.97 Å². The van der Waals surface area contributed by atoms with Gasteiger partial charge in [-0.15, -0.1) is 0 Å². The maximum atomic E-state index is 11.4. The molecule has 0 unspecified atom stereocenters. The van der Waals surface area contributed by atoms with Crippen LogP contribution in [0.1, 0.15) is 43.1 Å². The second-order valence-electron chi connectivity index (χ2n) is 4.17. The number of hydrogen-bond acceptors (Lipinski definition) is 3. The highest BCUT2D eigenvalue weighted by Crippen LogP contribution is 2.32. The molecule has 0 aliphatic heterocycles. The number of aliphatic carboxylic acids is 1. The van der Waals surface area contributed by atoms with E-state index in [0.29, 0.717) is 5.92 Å². The fourth-order valence-electron chi connectivity index (χ4n) is 2.19. The number of rotatable bonds is 3. The highest BCUT2D eigenvalue weighted by Gasteiger charge is 2.19. The molecule has 1 aromatic heterocycles. The largest absolute Gasteiger partial charge is 0.481 e. The molecule has 1 aliphatic carbocycles. The van der Waals surface area contributed by atoms with Crippen LogP contribution < -0.4 is 5.56 Å². The molecule has 16 heavy (non-hydrogen) atoms. The van der Waals surface area contributed by atoms with Gasteiger partial charge in [-0.25, -0.2) is 4.98 Å². The second kappa shape index (κ2) is 4.47. The molecule has 1 saturated carbocycles. The molecule has 1 heterocycles. The van der Waals surface area contributed by atoms with Crippen molar-refractivity contribution in [1.82, 2.24) is 9.97 Å². The summed E-state index contributed by atoms with van der Waals surface area (Å²) in [5.74, 6) is -0.400. The average Bonchev–Trinajstić information content (AvgIpc) is 2.67. The fourth-order valence-corrected chi connectivity index (χ4v) is 2.19. The number of aromatic amines is 1. The van der Waals surface area contributed by atoms with Gasteiger partial charge in [-0.2, -0.15) is 0 Å². The highest BCUT2D eigenvalue weighted by atomic mass is 16.4. The van der Waals surface area contributed by atoms with Gasteiger partial charge in [-0.3, -0.25) is 9.59 Å². The summed E-state index contributed by atoms with van der Waals surface area (Å²) in [6, 6.07) is 1.49. The first-order valence-corrected chi connectivity index (χ1v) is 5.47. The fraction of sp³-hybridized carbons (Fsp3) is 0.545. The smallest absolute Gasteiger partial charge is 0.311 e. The van der Waals surface area contributed by atoms with Crippen molar-refractivity contribution >= 4 is 5.97 Å². The molecule has 2 N–H and O–H groups in total. The number of carboxylic acids is 1. The first-order valence-electron chi connectivity index (χ1n) is 5.47.